The molecule has 5 heteroatoms. The number of benzene rings is 4. The Labute approximate surface area is 234 Å². The predicted octanol–water partition coefficient (Wildman–Crippen LogP) is 8.48. The smallest absolute Gasteiger partial charge is 0.181 e. The fourth-order valence-electron chi connectivity index (χ4n) is 6.24. The molecule has 0 unspecified atom stereocenters. The number of para-hydroxylation sites is 2. The molecule has 0 saturated carbocycles. The maximum atomic E-state index is 4.96. The van der Waals surface area contributed by atoms with E-state index in [1.807, 2.05) is 6.20 Å². The molecular weight excluding hydrogens is 490 g/mol. The van der Waals surface area contributed by atoms with Crippen LogP contribution in [0, 0.1) is 13.8 Å². The van der Waals surface area contributed by atoms with Gasteiger partial charge in [0.25, 0.3) is 0 Å². The van der Waals surface area contributed by atoms with Crippen LogP contribution in [0.1, 0.15) is 36.1 Å². The summed E-state index contributed by atoms with van der Waals surface area (Å²) in [6.07, 6.45) is 5.06. The minimum absolute atomic E-state index is 0.135. The lowest BCUT2D eigenvalue weighted by atomic mass is 9.73. The van der Waals surface area contributed by atoms with Gasteiger partial charge in [0.1, 0.15) is 11.8 Å². The lowest BCUT2D eigenvalue weighted by molar-refractivity contribution is 0.632. The van der Waals surface area contributed by atoms with Gasteiger partial charge in [0.2, 0.25) is 0 Å². The molecule has 0 amide bonds. The largest absolute Gasteiger partial charge is 0.309 e. The second kappa shape index (κ2) is 9.09. The molecule has 0 saturated heterocycles. The fraction of sp³-hybridized carbons (Fsp3) is 0.143. The van der Waals surface area contributed by atoms with Crippen molar-refractivity contribution < 1.29 is 0 Å². The van der Waals surface area contributed by atoms with Gasteiger partial charge in [-0.2, -0.15) is 0 Å². The second-order valence-corrected chi connectivity index (χ2v) is 10.9. The van der Waals surface area contributed by atoms with Gasteiger partial charge in [-0.25, -0.2) is 19.9 Å². The van der Waals surface area contributed by atoms with Crippen molar-refractivity contribution in [3.8, 4) is 22.4 Å². The van der Waals surface area contributed by atoms with Crippen molar-refractivity contribution in [1.82, 2.24) is 19.9 Å². The summed E-state index contributed by atoms with van der Waals surface area (Å²) in [7, 11) is 0. The maximum Gasteiger partial charge on any atom is 0.181 e. The van der Waals surface area contributed by atoms with Gasteiger partial charge in [0.15, 0.2) is 5.65 Å². The van der Waals surface area contributed by atoms with Gasteiger partial charge in [-0.05, 0) is 59.9 Å². The quantitative estimate of drug-likeness (QED) is 0.235. The highest BCUT2D eigenvalue weighted by Crippen LogP contribution is 2.54. The second-order valence-electron chi connectivity index (χ2n) is 10.9. The minimum atomic E-state index is -0.135. The Morgan fingerprint density at radius 3 is 1.95 bits per heavy atom. The van der Waals surface area contributed by atoms with Crippen LogP contribution in [0.3, 0.4) is 0 Å². The van der Waals surface area contributed by atoms with Crippen LogP contribution in [0.5, 0.6) is 0 Å². The fourth-order valence-corrected chi connectivity index (χ4v) is 6.24. The van der Waals surface area contributed by atoms with Gasteiger partial charge in [-0.3, -0.25) is 0 Å². The van der Waals surface area contributed by atoms with Crippen molar-refractivity contribution in [2.75, 3.05) is 4.90 Å². The highest BCUT2D eigenvalue weighted by atomic mass is 15.2. The van der Waals surface area contributed by atoms with Gasteiger partial charge in [-0.1, -0.05) is 80.6 Å². The topological polar surface area (TPSA) is 54.8 Å². The first-order chi connectivity index (χ1) is 19.4. The SMILES string of the molecule is Cc1cccc(C)c1-c1c(-c2cnc3cncnc3n2)cccc1N1c2ccccc2C(C)(C)c2ccccc21. The van der Waals surface area contributed by atoms with E-state index in [-0.39, 0.29) is 5.41 Å². The highest BCUT2D eigenvalue weighted by Gasteiger charge is 2.37. The van der Waals surface area contributed by atoms with Gasteiger partial charge >= 0.3 is 0 Å². The minimum Gasteiger partial charge on any atom is -0.309 e. The van der Waals surface area contributed by atoms with E-state index in [0.29, 0.717) is 11.2 Å². The first-order valence-corrected chi connectivity index (χ1v) is 13.6. The molecule has 0 atom stereocenters. The molecule has 1 aliphatic rings. The highest BCUT2D eigenvalue weighted by molar-refractivity contribution is 5.99. The molecule has 194 valence electrons. The van der Waals surface area contributed by atoms with Crippen LogP contribution in [0.15, 0.2) is 104 Å². The van der Waals surface area contributed by atoms with E-state index >= 15 is 0 Å². The van der Waals surface area contributed by atoms with Crippen molar-refractivity contribution in [3.63, 3.8) is 0 Å². The van der Waals surface area contributed by atoms with E-state index in [2.05, 4.69) is 132 Å². The average Bonchev–Trinajstić information content (AvgIpc) is 2.97. The monoisotopic (exact) mass is 519 g/mol. The summed E-state index contributed by atoms with van der Waals surface area (Å²) in [5, 5.41) is 0. The molecule has 6 aromatic rings. The first-order valence-electron chi connectivity index (χ1n) is 13.6. The lowest BCUT2D eigenvalue weighted by Gasteiger charge is -2.42. The van der Waals surface area contributed by atoms with Crippen LogP contribution < -0.4 is 4.90 Å². The summed E-state index contributed by atoms with van der Waals surface area (Å²) in [6.45, 7) is 9.00. The number of rotatable bonds is 3. The van der Waals surface area contributed by atoms with Crippen molar-refractivity contribution in [2.45, 2.75) is 33.1 Å². The van der Waals surface area contributed by atoms with Gasteiger partial charge < -0.3 is 4.90 Å². The third-order valence-corrected chi connectivity index (χ3v) is 8.15. The van der Waals surface area contributed by atoms with E-state index in [1.54, 1.807) is 6.20 Å². The Hall–Kier alpha value is -4.90. The van der Waals surface area contributed by atoms with E-state index in [4.69, 9.17) is 4.98 Å². The third kappa shape index (κ3) is 3.62. The van der Waals surface area contributed by atoms with E-state index in [0.717, 1.165) is 22.5 Å². The predicted molar refractivity (Wildman–Crippen MR) is 162 cm³/mol. The number of hydrogen-bond acceptors (Lipinski definition) is 5. The summed E-state index contributed by atoms with van der Waals surface area (Å²) < 4.78 is 0. The number of nitrogens with zero attached hydrogens (tertiary/aromatic N) is 5. The molecule has 7 rings (SSSR count). The third-order valence-electron chi connectivity index (χ3n) is 8.15. The molecule has 2 aromatic heterocycles. The van der Waals surface area contributed by atoms with Crippen LogP contribution >= 0.6 is 0 Å². The maximum absolute atomic E-state index is 4.96. The molecule has 0 aliphatic carbocycles. The number of fused-ring (bicyclic) bond motifs is 3. The standard InChI is InChI=1S/C35H29N5/c1-22-11-9-12-23(2)32(22)33-24(27-20-37-28-19-36-21-38-34(28)39-27)13-10-18-31(33)40-29-16-7-5-14-25(29)35(3,4)26-15-6-8-17-30(26)40/h5-21H,1-4H3. The first kappa shape index (κ1) is 24.2. The van der Waals surface area contributed by atoms with E-state index in [1.165, 1.54) is 45.5 Å². The lowest BCUT2D eigenvalue weighted by Crippen LogP contribution is -2.30. The molecule has 3 heterocycles. The molecule has 40 heavy (non-hydrogen) atoms. The Balaban J connectivity index is 1.59. The van der Waals surface area contributed by atoms with Crippen LogP contribution in [-0.2, 0) is 5.41 Å². The average molecular weight is 520 g/mol. The number of anilines is 3. The Kier molecular flexibility index (Phi) is 5.49. The molecule has 0 fully saturated rings. The summed E-state index contributed by atoms with van der Waals surface area (Å²) in [5.41, 5.74) is 13.8. The summed E-state index contributed by atoms with van der Waals surface area (Å²) >= 11 is 0. The molecule has 4 aromatic carbocycles. The van der Waals surface area contributed by atoms with Crippen molar-refractivity contribution >= 4 is 28.2 Å². The van der Waals surface area contributed by atoms with Crippen LogP contribution in [0.25, 0.3) is 33.5 Å². The number of aryl methyl sites for hydroxylation is 2. The summed E-state index contributed by atoms with van der Waals surface area (Å²) in [5.74, 6) is 0. The zero-order valence-electron chi connectivity index (χ0n) is 23.1. The van der Waals surface area contributed by atoms with Crippen molar-refractivity contribution in [1.29, 1.82) is 0 Å². The van der Waals surface area contributed by atoms with Crippen LogP contribution in [0.4, 0.5) is 17.1 Å². The number of hydrogen-bond donors (Lipinski definition) is 0. The normalized spacial score (nSPS) is 13.7. The molecule has 5 nitrogen and oxygen atoms in total. The molecular formula is C35H29N5. The Bertz CT molecular complexity index is 1850. The Morgan fingerprint density at radius 1 is 0.625 bits per heavy atom. The van der Waals surface area contributed by atoms with E-state index < -0.39 is 0 Å². The molecule has 0 radical (unpaired) electrons. The molecule has 0 bridgehead atoms. The van der Waals surface area contributed by atoms with Crippen LogP contribution in [-0.4, -0.2) is 19.9 Å². The summed E-state index contributed by atoms with van der Waals surface area (Å²) in [6, 6.07) is 30.5. The Morgan fingerprint density at radius 2 is 1.25 bits per heavy atom. The van der Waals surface area contributed by atoms with Gasteiger partial charge in [0, 0.05) is 16.5 Å². The molecule has 1 aliphatic heterocycles. The van der Waals surface area contributed by atoms with E-state index in [9.17, 15) is 0 Å². The number of aromatic nitrogens is 4. The van der Waals surface area contributed by atoms with Gasteiger partial charge in [0.05, 0.1) is 35.1 Å². The zero-order valence-corrected chi connectivity index (χ0v) is 23.1. The summed E-state index contributed by atoms with van der Waals surface area (Å²) in [4.78, 5) is 20.6. The van der Waals surface area contributed by atoms with Crippen LogP contribution in [0.2, 0.25) is 0 Å². The van der Waals surface area contributed by atoms with Crippen molar-refractivity contribution in [3.05, 3.63) is 126 Å². The van der Waals surface area contributed by atoms with Crippen molar-refractivity contribution in [2.24, 2.45) is 0 Å². The molecule has 0 spiro atoms. The molecule has 0 N–H and O–H groups in total. The zero-order chi connectivity index (χ0) is 27.4. The van der Waals surface area contributed by atoms with Gasteiger partial charge in [-0.15, -0.1) is 0 Å².